The SMILES string of the molecule is NCCCCC(NC(=O)CNC(=O)C(Cc1cnc[nH]1)NC(=O)C(N)CO)C(=O)O. The normalized spacial score (nSPS) is 13.7. The van der Waals surface area contributed by atoms with Crippen LogP contribution in [-0.2, 0) is 25.6 Å². The number of rotatable bonds is 14. The first kappa shape index (κ1) is 25.0. The first-order valence-corrected chi connectivity index (χ1v) is 9.42. The van der Waals surface area contributed by atoms with Crippen LogP contribution in [0.5, 0.6) is 0 Å². The molecule has 3 amide bonds. The maximum absolute atomic E-state index is 12.5. The van der Waals surface area contributed by atoms with E-state index in [1.807, 2.05) is 0 Å². The van der Waals surface area contributed by atoms with Crippen LogP contribution in [0.2, 0.25) is 0 Å². The molecule has 30 heavy (non-hydrogen) atoms. The topological polar surface area (TPSA) is 226 Å². The van der Waals surface area contributed by atoms with Crippen LogP contribution in [0.15, 0.2) is 12.5 Å². The van der Waals surface area contributed by atoms with Crippen molar-refractivity contribution in [2.24, 2.45) is 11.5 Å². The van der Waals surface area contributed by atoms with Crippen molar-refractivity contribution in [2.45, 2.75) is 43.8 Å². The largest absolute Gasteiger partial charge is 0.480 e. The van der Waals surface area contributed by atoms with E-state index in [0.29, 0.717) is 25.1 Å². The molecule has 0 saturated heterocycles. The number of carbonyl (C=O) groups is 4. The lowest BCUT2D eigenvalue weighted by Gasteiger charge is -2.20. The highest BCUT2D eigenvalue weighted by molar-refractivity contribution is 5.92. The first-order valence-electron chi connectivity index (χ1n) is 9.42. The zero-order valence-electron chi connectivity index (χ0n) is 16.5. The summed E-state index contributed by atoms with van der Waals surface area (Å²) in [6.07, 6.45) is 4.27. The lowest BCUT2D eigenvalue weighted by atomic mass is 10.1. The number of imidazole rings is 1. The lowest BCUT2D eigenvalue weighted by Crippen LogP contribution is -2.54. The van der Waals surface area contributed by atoms with Gasteiger partial charge in [0.05, 0.1) is 19.5 Å². The van der Waals surface area contributed by atoms with Gasteiger partial charge in [-0.2, -0.15) is 0 Å². The summed E-state index contributed by atoms with van der Waals surface area (Å²) in [5.41, 5.74) is 11.4. The molecule has 1 aromatic rings. The molecule has 0 fully saturated rings. The number of aromatic amines is 1. The standard InChI is InChI=1S/C17H29N7O6/c18-4-2-1-3-12(17(29)30)23-14(26)7-21-16(28)13(5-10-6-20-9-22-10)24-15(27)11(19)8-25/h6,9,11-13,25H,1-5,7-8,18-19H2,(H,20,22)(H,21,28)(H,23,26)(H,24,27)(H,29,30). The lowest BCUT2D eigenvalue weighted by molar-refractivity contribution is -0.142. The van der Waals surface area contributed by atoms with Crippen molar-refractivity contribution in [1.82, 2.24) is 25.9 Å². The Balaban J connectivity index is 2.65. The quantitative estimate of drug-likeness (QED) is 0.138. The fourth-order valence-corrected chi connectivity index (χ4v) is 2.47. The average molecular weight is 427 g/mol. The number of hydrogen-bond donors (Lipinski definition) is 8. The van der Waals surface area contributed by atoms with E-state index < -0.39 is 55.0 Å². The molecular formula is C17H29N7O6. The number of nitrogens with one attached hydrogen (secondary N) is 4. The predicted molar refractivity (Wildman–Crippen MR) is 105 cm³/mol. The van der Waals surface area contributed by atoms with Crippen LogP contribution in [0.4, 0.5) is 0 Å². The Labute approximate surface area is 173 Å². The van der Waals surface area contributed by atoms with Crippen LogP contribution < -0.4 is 27.4 Å². The van der Waals surface area contributed by atoms with E-state index in [2.05, 4.69) is 25.9 Å². The number of aliphatic hydroxyl groups is 1. The van der Waals surface area contributed by atoms with Crippen molar-refractivity contribution in [3.05, 3.63) is 18.2 Å². The highest BCUT2D eigenvalue weighted by Gasteiger charge is 2.25. The molecule has 0 aromatic carbocycles. The zero-order valence-corrected chi connectivity index (χ0v) is 16.5. The summed E-state index contributed by atoms with van der Waals surface area (Å²) in [6.45, 7) is -0.673. The van der Waals surface area contributed by atoms with E-state index in [1.165, 1.54) is 12.5 Å². The molecule has 168 valence electrons. The van der Waals surface area contributed by atoms with Crippen molar-refractivity contribution in [2.75, 3.05) is 19.7 Å². The van der Waals surface area contributed by atoms with Crippen molar-refractivity contribution >= 4 is 23.7 Å². The average Bonchev–Trinajstić information content (AvgIpc) is 3.23. The summed E-state index contributed by atoms with van der Waals surface area (Å²) in [6, 6.07) is -3.40. The molecule has 0 aliphatic carbocycles. The Hall–Kier alpha value is -3.03. The fourth-order valence-electron chi connectivity index (χ4n) is 2.47. The van der Waals surface area contributed by atoms with Crippen molar-refractivity contribution in [1.29, 1.82) is 0 Å². The molecule has 3 unspecified atom stereocenters. The number of aromatic nitrogens is 2. The molecule has 13 nitrogen and oxygen atoms in total. The molecule has 10 N–H and O–H groups in total. The summed E-state index contributed by atoms with van der Waals surface area (Å²) < 4.78 is 0. The Morgan fingerprint density at radius 3 is 2.43 bits per heavy atom. The van der Waals surface area contributed by atoms with Gasteiger partial charge in [-0.05, 0) is 25.8 Å². The summed E-state index contributed by atoms with van der Waals surface area (Å²) >= 11 is 0. The number of carboxylic acids is 1. The molecule has 3 atom stereocenters. The van der Waals surface area contributed by atoms with Crippen molar-refractivity contribution in [3.8, 4) is 0 Å². The zero-order chi connectivity index (χ0) is 22.5. The van der Waals surface area contributed by atoms with Gasteiger partial charge in [-0.1, -0.05) is 0 Å². The molecule has 0 radical (unpaired) electrons. The molecule has 13 heteroatoms. The van der Waals surface area contributed by atoms with Gasteiger partial charge in [-0.15, -0.1) is 0 Å². The van der Waals surface area contributed by atoms with E-state index in [0.717, 1.165) is 0 Å². The highest BCUT2D eigenvalue weighted by atomic mass is 16.4. The van der Waals surface area contributed by atoms with Gasteiger partial charge in [0.15, 0.2) is 0 Å². The second kappa shape index (κ2) is 13.2. The summed E-state index contributed by atoms with van der Waals surface area (Å²) in [7, 11) is 0. The highest BCUT2D eigenvalue weighted by Crippen LogP contribution is 2.02. The number of unbranched alkanes of at least 4 members (excludes halogenated alkanes) is 1. The van der Waals surface area contributed by atoms with Gasteiger partial charge < -0.3 is 42.6 Å². The van der Waals surface area contributed by atoms with Gasteiger partial charge in [0.2, 0.25) is 17.7 Å². The maximum Gasteiger partial charge on any atom is 0.326 e. The number of nitrogens with zero attached hydrogens (tertiary/aromatic N) is 1. The Bertz CT molecular complexity index is 697. The van der Waals surface area contributed by atoms with E-state index in [9.17, 15) is 24.3 Å². The molecule has 0 aliphatic rings. The number of aliphatic carboxylic acids is 1. The minimum atomic E-state index is -1.21. The third kappa shape index (κ3) is 8.98. The van der Waals surface area contributed by atoms with E-state index >= 15 is 0 Å². The second-order valence-corrected chi connectivity index (χ2v) is 6.59. The minimum absolute atomic E-state index is 0.0359. The molecule has 0 bridgehead atoms. The number of carboxylic acid groups (broad SMARTS) is 1. The number of hydrogen-bond acceptors (Lipinski definition) is 8. The van der Waals surface area contributed by atoms with Gasteiger partial charge >= 0.3 is 5.97 Å². The third-order valence-corrected chi connectivity index (χ3v) is 4.15. The number of nitrogens with two attached hydrogens (primary N) is 2. The van der Waals surface area contributed by atoms with Gasteiger partial charge in [-0.25, -0.2) is 9.78 Å². The molecule has 1 rings (SSSR count). The van der Waals surface area contributed by atoms with Crippen LogP contribution in [0, 0.1) is 0 Å². The number of H-pyrrole nitrogens is 1. The van der Waals surface area contributed by atoms with Crippen LogP contribution >= 0.6 is 0 Å². The monoisotopic (exact) mass is 427 g/mol. The molecule has 0 spiro atoms. The van der Waals surface area contributed by atoms with Gasteiger partial charge in [0.1, 0.15) is 18.1 Å². The Morgan fingerprint density at radius 1 is 1.13 bits per heavy atom. The molecule has 1 aromatic heterocycles. The van der Waals surface area contributed by atoms with Crippen molar-refractivity contribution < 1.29 is 29.4 Å². The van der Waals surface area contributed by atoms with Gasteiger partial charge in [-0.3, -0.25) is 14.4 Å². The van der Waals surface area contributed by atoms with Crippen LogP contribution in [0.1, 0.15) is 25.0 Å². The van der Waals surface area contributed by atoms with Crippen molar-refractivity contribution in [3.63, 3.8) is 0 Å². The summed E-state index contributed by atoms with van der Waals surface area (Å²) in [5, 5.41) is 25.3. The second-order valence-electron chi connectivity index (χ2n) is 6.59. The fraction of sp³-hybridized carbons (Fsp3) is 0.588. The summed E-state index contributed by atoms with van der Waals surface area (Å²) in [5.74, 6) is -3.31. The molecule has 1 heterocycles. The Kier molecular flexibility index (Phi) is 11.0. The van der Waals surface area contributed by atoms with Crippen LogP contribution in [0.25, 0.3) is 0 Å². The predicted octanol–water partition coefficient (Wildman–Crippen LogP) is -3.43. The molecular weight excluding hydrogens is 398 g/mol. The van der Waals surface area contributed by atoms with Crippen LogP contribution in [0.3, 0.4) is 0 Å². The number of carbonyl (C=O) groups excluding carboxylic acids is 3. The van der Waals surface area contributed by atoms with E-state index in [1.54, 1.807) is 0 Å². The molecule has 0 aliphatic heterocycles. The molecule has 0 saturated carbocycles. The van der Waals surface area contributed by atoms with Crippen LogP contribution in [-0.4, -0.2) is 81.7 Å². The summed E-state index contributed by atoms with van der Waals surface area (Å²) in [4.78, 5) is 54.3. The first-order chi connectivity index (χ1) is 14.3. The van der Waals surface area contributed by atoms with Gasteiger partial charge in [0, 0.05) is 18.3 Å². The van der Waals surface area contributed by atoms with E-state index in [4.69, 9.17) is 16.6 Å². The number of amides is 3. The number of aliphatic hydroxyl groups excluding tert-OH is 1. The van der Waals surface area contributed by atoms with Gasteiger partial charge in [0.25, 0.3) is 0 Å². The Morgan fingerprint density at radius 2 is 1.87 bits per heavy atom. The minimum Gasteiger partial charge on any atom is -0.480 e. The third-order valence-electron chi connectivity index (χ3n) is 4.15. The van der Waals surface area contributed by atoms with E-state index in [-0.39, 0.29) is 12.8 Å². The maximum atomic E-state index is 12.5. The smallest absolute Gasteiger partial charge is 0.326 e.